The van der Waals surface area contributed by atoms with Crippen molar-refractivity contribution in [2.24, 2.45) is 0 Å². The van der Waals surface area contributed by atoms with Gasteiger partial charge in [-0.3, -0.25) is 9.97 Å². The zero-order valence-electron chi connectivity index (χ0n) is 37.0. The van der Waals surface area contributed by atoms with Gasteiger partial charge in [-0.1, -0.05) is 78.9 Å². The van der Waals surface area contributed by atoms with Crippen molar-refractivity contribution < 1.29 is 9.47 Å². The highest BCUT2D eigenvalue weighted by molar-refractivity contribution is 6.11. The number of aromatic nitrogens is 4. The van der Waals surface area contributed by atoms with Crippen LogP contribution in [0, 0.1) is 22.7 Å². The maximum absolute atomic E-state index is 10.1. The second kappa shape index (κ2) is 14.0. The molecule has 1 atom stereocenters. The number of anilines is 3. The third kappa shape index (κ3) is 4.96. The lowest BCUT2D eigenvalue weighted by molar-refractivity contribution is 0.435. The van der Waals surface area contributed by atoms with Crippen LogP contribution in [0.4, 0.5) is 17.1 Å². The van der Waals surface area contributed by atoms with Crippen molar-refractivity contribution in [3.8, 4) is 57.9 Å². The zero-order valence-corrected chi connectivity index (χ0v) is 37.0. The molecule has 9 heteroatoms. The molecule has 0 saturated heterocycles. The molecule has 4 aromatic heterocycles. The first kappa shape index (κ1) is 38.2. The van der Waals surface area contributed by atoms with E-state index < -0.39 is 5.41 Å². The fraction of sp³-hybridized carbons (Fsp3) is 0.0164. The average Bonchev–Trinajstić information content (AvgIpc) is 4.03. The number of para-hydroxylation sites is 6. The first-order valence-electron chi connectivity index (χ1n) is 23.1. The Bertz CT molecular complexity index is 4330. The Labute approximate surface area is 400 Å². The molecule has 1 aliphatic carbocycles. The van der Waals surface area contributed by atoms with Gasteiger partial charge in [0.25, 0.3) is 0 Å². The van der Waals surface area contributed by atoms with E-state index in [9.17, 15) is 10.5 Å². The van der Waals surface area contributed by atoms with E-state index in [0.717, 1.165) is 117 Å². The van der Waals surface area contributed by atoms with Gasteiger partial charge in [-0.25, -0.2) is 0 Å². The minimum absolute atomic E-state index is 0.596. The van der Waals surface area contributed by atoms with Gasteiger partial charge in [0.15, 0.2) is 11.5 Å². The SMILES string of the molecule is N#Cc1ccc2c(c1)c1ccccc1n2-c1ccc2c(c1)Oc1cccc(-n3c4ccccc4c4cc(C#N)ccc43)c1C21c2cccnc2-c2ncc(N3c4ccccc4Oc4ccccc43)cc21. The summed E-state index contributed by atoms with van der Waals surface area (Å²) in [5.41, 5.74) is 14.0. The van der Waals surface area contributed by atoms with Gasteiger partial charge in [-0.15, -0.1) is 0 Å². The monoisotopic (exact) mass is 895 g/mol. The van der Waals surface area contributed by atoms with E-state index in [2.05, 4.69) is 129 Å². The topological polar surface area (TPSA) is 105 Å². The smallest absolute Gasteiger partial charge is 0.151 e. The van der Waals surface area contributed by atoms with Crippen LogP contribution in [0.5, 0.6) is 23.0 Å². The van der Waals surface area contributed by atoms with E-state index >= 15 is 0 Å². The molecule has 0 N–H and O–H groups in total. The molecule has 0 fully saturated rings. The maximum atomic E-state index is 10.1. The Morgan fingerprint density at radius 1 is 0.414 bits per heavy atom. The average molecular weight is 896 g/mol. The second-order valence-electron chi connectivity index (χ2n) is 17.9. The van der Waals surface area contributed by atoms with E-state index in [0.29, 0.717) is 22.6 Å². The summed E-state index contributed by atoms with van der Waals surface area (Å²) in [5, 5.41) is 24.1. The van der Waals surface area contributed by atoms with Crippen LogP contribution in [0.2, 0.25) is 0 Å². The molecule has 2 aliphatic heterocycles. The van der Waals surface area contributed by atoms with Crippen LogP contribution in [0.25, 0.3) is 66.4 Å². The van der Waals surface area contributed by atoms with Crippen LogP contribution >= 0.6 is 0 Å². The molecule has 0 saturated carbocycles. The van der Waals surface area contributed by atoms with Gasteiger partial charge in [0.1, 0.15) is 11.5 Å². The van der Waals surface area contributed by atoms with E-state index in [1.807, 2.05) is 97.3 Å². The minimum atomic E-state index is -1.03. The van der Waals surface area contributed by atoms with Crippen LogP contribution in [-0.2, 0) is 5.41 Å². The molecule has 0 radical (unpaired) electrons. The van der Waals surface area contributed by atoms with E-state index in [1.165, 1.54) is 0 Å². The van der Waals surface area contributed by atoms with Gasteiger partial charge in [0, 0.05) is 56.2 Å². The highest BCUT2D eigenvalue weighted by Gasteiger charge is 2.54. The van der Waals surface area contributed by atoms with Crippen LogP contribution in [-0.4, -0.2) is 19.1 Å². The molecule has 1 spiro atoms. The maximum Gasteiger partial charge on any atom is 0.151 e. The Hall–Kier alpha value is -9.96. The van der Waals surface area contributed by atoms with Crippen LogP contribution in [0.15, 0.2) is 200 Å². The highest BCUT2D eigenvalue weighted by atomic mass is 16.5. The number of hydrogen-bond acceptors (Lipinski definition) is 7. The number of rotatable bonds is 3. The Balaban J connectivity index is 1.06. The van der Waals surface area contributed by atoms with Gasteiger partial charge >= 0.3 is 0 Å². The number of fused-ring (bicyclic) bond motifs is 17. The molecular formula is C61H33N7O2. The molecule has 0 amide bonds. The fourth-order valence-electron chi connectivity index (χ4n) is 11.7. The number of ether oxygens (including phenoxy) is 2. The van der Waals surface area contributed by atoms with Crippen LogP contribution < -0.4 is 14.4 Å². The molecule has 8 aromatic carbocycles. The van der Waals surface area contributed by atoms with Crippen molar-refractivity contribution in [1.29, 1.82) is 10.5 Å². The normalized spacial score (nSPS) is 14.8. The summed E-state index contributed by atoms with van der Waals surface area (Å²) in [7, 11) is 0. The molecular weight excluding hydrogens is 863 g/mol. The van der Waals surface area contributed by atoms with Gasteiger partial charge < -0.3 is 23.5 Å². The standard InChI is InChI=1S/C61H33N7O2/c62-33-36-22-26-49-42(29-36)40-11-1-3-14-47(40)66(49)38-24-25-44-57(32-38)70-56-21-9-18-53(68-48-15-4-2-12-41(48)43-30-37(34-63)23-27-50(43)68)58(56)61(44)45-13-10-28-64-59(45)60-46(61)31-39(35-65-60)67-51-16-5-7-19-54(51)69-55-20-8-6-17-52(55)67/h1-32,35H. The lowest BCUT2D eigenvalue weighted by atomic mass is 9.65. The summed E-state index contributed by atoms with van der Waals surface area (Å²) in [4.78, 5) is 12.8. The van der Waals surface area contributed by atoms with Gasteiger partial charge in [-0.05, 0) is 109 Å². The molecule has 6 heterocycles. The number of hydrogen-bond donors (Lipinski definition) is 0. The number of nitriles is 2. The molecule has 1 unspecified atom stereocenters. The Morgan fingerprint density at radius 3 is 1.71 bits per heavy atom. The highest BCUT2D eigenvalue weighted by Crippen LogP contribution is 2.64. The third-order valence-electron chi connectivity index (χ3n) is 14.5. The van der Waals surface area contributed by atoms with Gasteiger partial charge in [0.2, 0.25) is 0 Å². The molecule has 12 aromatic rings. The number of benzene rings is 8. The Kier molecular flexibility index (Phi) is 7.65. The zero-order chi connectivity index (χ0) is 46.2. The summed E-state index contributed by atoms with van der Waals surface area (Å²) in [6, 6.07) is 68.8. The quantitative estimate of drug-likeness (QED) is 0.174. The molecule has 15 rings (SSSR count). The molecule has 3 aliphatic rings. The summed E-state index contributed by atoms with van der Waals surface area (Å²) in [6.45, 7) is 0. The fourth-order valence-corrected chi connectivity index (χ4v) is 11.7. The number of pyridine rings is 2. The van der Waals surface area contributed by atoms with Crippen LogP contribution in [0.3, 0.4) is 0 Å². The van der Waals surface area contributed by atoms with Crippen molar-refractivity contribution in [1.82, 2.24) is 19.1 Å². The van der Waals surface area contributed by atoms with Crippen LogP contribution in [0.1, 0.15) is 33.4 Å². The summed E-state index contributed by atoms with van der Waals surface area (Å²) >= 11 is 0. The molecule has 70 heavy (non-hydrogen) atoms. The molecule has 9 nitrogen and oxygen atoms in total. The van der Waals surface area contributed by atoms with Crippen molar-refractivity contribution in [3.05, 3.63) is 234 Å². The van der Waals surface area contributed by atoms with Gasteiger partial charge in [0.05, 0.1) is 91.1 Å². The third-order valence-corrected chi connectivity index (χ3v) is 14.5. The summed E-state index contributed by atoms with van der Waals surface area (Å²) in [6.07, 6.45) is 3.80. The largest absolute Gasteiger partial charge is 0.457 e. The molecule has 0 bridgehead atoms. The lowest BCUT2D eigenvalue weighted by Crippen LogP contribution is -2.34. The number of nitrogens with zero attached hydrogens (tertiary/aromatic N) is 7. The first-order valence-corrected chi connectivity index (χ1v) is 23.1. The lowest BCUT2D eigenvalue weighted by Gasteiger charge is -2.41. The van der Waals surface area contributed by atoms with Crippen molar-refractivity contribution in [2.75, 3.05) is 4.90 Å². The Morgan fingerprint density at radius 2 is 1.00 bits per heavy atom. The van der Waals surface area contributed by atoms with E-state index in [-0.39, 0.29) is 0 Å². The van der Waals surface area contributed by atoms with Crippen molar-refractivity contribution in [2.45, 2.75) is 5.41 Å². The molecule has 324 valence electrons. The predicted molar refractivity (Wildman–Crippen MR) is 272 cm³/mol. The second-order valence-corrected chi connectivity index (χ2v) is 17.9. The summed E-state index contributed by atoms with van der Waals surface area (Å²) < 4.78 is 18.4. The predicted octanol–water partition coefficient (Wildman–Crippen LogP) is 14.5. The van der Waals surface area contributed by atoms with Gasteiger partial charge in [-0.2, -0.15) is 10.5 Å². The summed E-state index contributed by atoms with van der Waals surface area (Å²) in [5.74, 6) is 2.88. The first-order chi connectivity index (χ1) is 34.6. The van der Waals surface area contributed by atoms with Crippen molar-refractivity contribution in [3.63, 3.8) is 0 Å². The van der Waals surface area contributed by atoms with Crippen molar-refractivity contribution >= 4 is 60.7 Å². The van der Waals surface area contributed by atoms with E-state index in [4.69, 9.17) is 19.4 Å². The minimum Gasteiger partial charge on any atom is -0.457 e. The van der Waals surface area contributed by atoms with E-state index in [1.54, 1.807) is 0 Å².